The zero-order chi connectivity index (χ0) is 22.4. The quantitative estimate of drug-likeness (QED) is 0.253. The molecular formula is C20H29ClFN5O4. The molecule has 2 N–H and O–H groups in total. The van der Waals surface area contributed by atoms with Gasteiger partial charge in [0, 0.05) is 6.54 Å². The summed E-state index contributed by atoms with van der Waals surface area (Å²) in [6.07, 6.45) is 5.10. The SMILES string of the molecule is C[C@@H]1COCCN1c1nc(Cl)nc(CNC(=O)[C@H](CC2CCCC2)CN(O)C=O)c1F. The van der Waals surface area contributed by atoms with Crippen LogP contribution >= 0.6 is 11.6 Å². The fraction of sp³-hybridized carbons (Fsp3) is 0.700. The number of carbonyl (C=O) groups is 2. The van der Waals surface area contributed by atoms with Gasteiger partial charge in [0.15, 0.2) is 11.6 Å². The maximum absolute atomic E-state index is 15.1. The van der Waals surface area contributed by atoms with Gasteiger partial charge in [-0.3, -0.25) is 14.8 Å². The Morgan fingerprint density at radius 2 is 2.19 bits per heavy atom. The zero-order valence-corrected chi connectivity index (χ0v) is 18.4. The average molecular weight is 458 g/mol. The maximum atomic E-state index is 15.1. The monoisotopic (exact) mass is 457 g/mol. The average Bonchev–Trinajstić information content (AvgIpc) is 3.27. The highest BCUT2D eigenvalue weighted by Gasteiger charge is 2.29. The van der Waals surface area contributed by atoms with Crippen LogP contribution in [0, 0.1) is 17.7 Å². The predicted octanol–water partition coefficient (Wildman–Crippen LogP) is 2.15. The van der Waals surface area contributed by atoms with Crippen molar-refractivity contribution in [1.29, 1.82) is 0 Å². The molecule has 11 heteroatoms. The summed E-state index contributed by atoms with van der Waals surface area (Å²) >= 11 is 6.03. The Morgan fingerprint density at radius 1 is 1.45 bits per heavy atom. The van der Waals surface area contributed by atoms with Crippen molar-refractivity contribution in [3.8, 4) is 0 Å². The van der Waals surface area contributed by atoms with Gasteiger partial charge in [0.25, 0.3) is 0 Å². The highest BCUT2D eigenvalue weighted by Crippen LogP contribution is 2.31. The number of hydrogen-bond donors (Lipinski definition) is 2. The molecule has 2 aliphatic rings. The topological polar surface area (TPSA) is 108 Å². The summed E-state index contributed by atoms with van der Waals surface area (Å²) in [6, 6.07) is -0.0775. The van der Waals surface area contributed by atoms with Gasteiger partial charge in [0.05, 0.1) is 38.3 Å². The van der Waals surface area contributed by atoms with Gasteiger partial charge < -0.3 is 15.0 Å². The van der Waals surface area contributed by atoms with Crippen molar-refractivity contribution >= 4 is 29.7 Å². The first-order valence-corrected chi connectivity index (χ1v) is 11.0. The van der Waals surface area contributed by atoms with Gasteiger partial charge in [-0.2, -0.15) is 4.98 Å². The van der Waals surface area contributed by atoms with Crippen LogP contribution in [0.4, 0.5) is 10.2 Å². The molecule has 0 bridgehead atoms. The zero-order valence-electron chi connectivity index (χ0n) is 17.6. The summed E-state index contributed by atoms with van der Waals surface area (Å²) in [5, 5.41) is 12.6. The Hall–Kier alpha value is -2.04. The molecule has 9 nitrogen and oxygen atoms in total. The summed E-state index contributed by atoms with van der Waals surface area (Å²) < 4.78 is 20.5. The van der Waals surface area contributed by atoms with E-state index in [1.807, 2.05) is 6.92 Å². The van der Waals surface area contributed by atoms with Gasteiger partial charge in [-0.25, -0.2) is 14.4 Å². The van der Waals surface area contributed by atoms with Crippen molar-refractivity contribution in [3.63, 3.8) is 0 Å². The third-order valence-electron chi connectivity index (χ3n) is 5.94. The van der Waals surface area contributed by atoms with Crippen LogP contribution < -0.4 is 10.2 Å². The lowest BCUT2D eigenvalue weighted by Crippen LogP contribution is -2.45. The lowest BCUT2D eigenvalue weighted by molar-refractivity contribution is -0.155. The first-order chi connectivity index (χ1) is 14.9. The molecule has 1 aromatic rings. The molecule has 1 saturated heterocycles. The number of anilines is 1. The first-order valence-electron chi connectivity index (χ1n) is 10.6. The Balaban J connectivity index is 1.70. The normalized spacial score (nSPS) is 20.5. The second kappa shape index (κ2) is 11.0. The van der Waals surface area contributed by atoms with Crippen LogP contribution in [0.25, 0.3) is 0 Å². The number of ether oxygens (including phenoxy) is 1. The molecule has 1 saturated carbocycles. The number of halogens is 2. The van der Waals surface area contributed by atoms with E-state index in [1.54, 1.807) is 4.90 Å². The fourth-order valence-electron chi connectivity index (χ4n) is 4.30. The third-order valence-corrected chi connectivity index (χ3v) is 6.11. The number of hydroxylamine groups is 2. The molecule has 31 heavy (non-hydrogen) atoms. The number of amides is 2. The minimum atomic E-state index is -0.637. The predicted molar refractivity (Wildman–Crippen MR) is 111 cm³/mol. The molecule has 1 aliphatic heterocycles. The molecule has 1 aliphatic carbocycles. The summed E-state index contributed by atoms with van der Waals surface area (Å²) in [5.41, 5.74) is -0.0158. The fourth-order valence-corrected chi connectivity index (χ4v) is 4.48. The molecule has 0 radical (unpaired) electrons. The van der Waals surface area contributed by atoms with Crippen LogP contribution in [0.3, 0.4) is 0 Å². The second-order valence-corrected chi connectivity index (χ2v) is 8.56. The van der Waals surface area contributed by atoms with Crippen LogP contribution in [0.5, 0.6) is 0 Å². The van der Waals surface area contributed by atoms with Crippen molar-refractivity contribution < 1.29 is 23.9 Å². The van der Waals surface area contributed by atoms with Gasteiger partial charge in [0.1, 0.15) is 5.69 Å². The lowest BCUT2D eigenvalue weighted by Gasteiger charge is -2.34. The van der Waals surface area contributed by atoms with Crippen molar-refractivity contribution in [2.45, 2.75) is 51.6 Å². The highest BCUT2D eigenvalue weighted by atomic mass is 35.5. The van der Waals surface area contributed by atoms with E-state index in [2.05, 4.69) is 15.3 Å². The molecule has 2 atom stereocenters. The lowest BCUT2D eigenvalue weighted by atomic mass is 9.92. The molecule has 2 heterocycles. The van der Waals surface area contributed by atoms with Gasteiger partial charge in [-0.1, -0.05) is 25.7 Å². The van der Waals surface area contributed by atoms with E-state index in [9.17, 15) is 14.8 Å². The number of hydrogen-bond acceptors (Lipinski definition) is 7. The van der Waals surface area contributed by atoms with Gasteiger partial charge >= 0.3 is 0 Å². The van der Waals surface area contributed by atoms with E-state index in [0.29, 0.717) is 37.2 Å². The number of carbonyl (C=O) groups excluding carboxylic acids is 2. The Kier molecular flexibility index (Phi) is 8.39. The van der Waals surface area contributed by atoms with E-state index in [1.165, 1.54) is 0 Å². The van der Waals surface area contributed by atoms with Crippen LogP contribution in [0.15, 0.2) is 0 Å². The molecule has 0 unspecified atom stereocenters. The smallest absolute Gasteiger partial charge is 0.233 e. The van der Waals surface area contributed by atoms with Crippen LogP contribution in [-0.2, 0) is 20.9 Å². The van der Waals surface area contributed by atoms with Gasteiger partial charge in [0.2, 0.25) is 17.6 Å². The van der Waals surface area contributed by atoms with E-state index in [4.69, 9.17) is 16.3 Å². The van der Waals surface area contributed by atoms with Crippen molar-refractivity contribution in [2.75, 3.05) is 31.2 Å². The van der Waals surface area contributed by atoms with Crippen LogP contribution in [0.1, 0.15) is 44.7 Å². The van der Waals surface area contributed by atoms with E-state index < -0.39 is 11.7 Å². The Morgan fingerprint density at radius 3 is 2.87 bits per heavy atom. The molecule has 1 aromatic heterocycles. The molecular weight excluding hydrogens is 429 g/mol. The van der Waals surface area contributed by atoms with E-state index in [-0.39, 0.29) is 48.2 Å². The van der Waals surface area contributed by atoms with E-state index in [0.717, 1.165) is 25.7 Å². The minimum Gasteiger partial charge on any atom is -0.377 e. The highest BCUT2D eigenvalue weighted by molar-refractivity contribution is 6.28. The number of morpholine rings is 1. The largest absolute Gasteiger partial charge is 0.377 e. The minimum absolute atomic E-state index is 0.0158. The molecule has 3 rings (SSSR count). The van der Waals surface area contributed by atoms with E-state index >= 15 is 4.39 Å². The number of nitrogens with zero attached hydrogens (tertiary/aromatic N) is 4. The molecule has 0 aromatic carbocycles. The standard InChI is InChI=1S/C20H29ClFN5O4/c1-13-11-31-7-6-27(13)18-17(22)16(24-20(21)25-18)9-23-19(29)15(10-26(30)12-28)8-14-4-2-3-5-14/h12-15,30H,2-11H2,1H3,(H,23,29)/t13-,15-/m1/s1. The number of aromatic nitrogens is 2. The van der Waals surface area contributed by atoms with Crippen LogP contribution in [0.2, 0.25) is 5.28 Å². The Bertz CT molecular complexity index is 780. The Labute approximate surface area is 185 Å². The third kappa shape index (κ3) is 6.24. The summed E-state index contributed by atoms with van der Waals surface area (Å²) in [5.74, 6) is -1.15. The van der Waals surface area contributed by atoms with Crippen LogP contribution in [-0.4, -0.2) is 64.9 Å². The first kappa shape index (κ1) is 23.6. The van der Waals surface area contributed by atoms with Crippen molar-refractivity contribution in [2.24, 2.45) is 11.8 Å². The van der Waals surface area contributed by atoms with Crippen molar-refractivity contribution in [3.05, 3.63) is 16.8 Å². The number of rotatable bonds is 9. The second-order valence-electron chi connectivity index (χ2n) is 8.22. The molecule has 2 amide bonds. The molecule has 172 valence electrons. The summed E-state index contributed by atoms with van der Waals surface area (Å²) in [6.45, 7) is 2.98. The van der Waals surface area contributed by atoms with Gasteiger partial charge in [-0.05, 0) is 30.9 Å². The summed E-state index contributed by atoms with van der Waals surface area (Å²) in [4.78, 5) is 33.4. The maximum Gasteiger partial charge on any atom is 0.233 e. The summed E-state index contributed by atoms with van der Waals surface area (Å²) in [7, 11) is 0. The van der Waals surface area contributed by atoms with Crippen molar-refractivity contribution in [1.82, 2.24) is 20.3 Å². The molecule has 0 spiro atoms. The molecule has 2 fully saturated rings. The van der Waals surface area contributed by atoms with Gasteiger partial charge in [-0.15, -0.1) is 0 Å². The number of nitrogens with one attached hydrogen (secondary N) is 1.